The number of hydrogen-bond acceptors (Lipinski definition) is 4. The van der Waals surface area contributed by atoms with Crippen LogP contribution in [0, 0.1) is 0 Å². The van der Waals surface area contributed by atoms with Crippen molar-refractivity contribution >= 4 is 6.09 Å². The van der Waals surface area contributed by atoms with Crippen LogP contribution in [0.2, 0.25) is 0 Å². The number of rotatable bonds is 6. The Morgan fingerprint density at radius 1 is 1.25 bits per heavy atom. The smallest absolute Gasteiger partial charge is 0.414 e. The average Bonchev–Trinajstić information content (AvgIpc) is 2.34. The number of allylic oxidation sites excluding steroid dienone is 2. The van der Waals surface area contributed by atoms with Crippen LogP contribution in [0.3, 0.4) is 0 Å². The van der Waals surface area contributed by atoms with Gasteiger partial charge in [-0.3, -0.25) is 4.90 Å². The molecule has 5 nitrogen and oxygen atoms in total. The van der Waals surface area contributed by atoms with E-state index in [4.69, 9.17) is 14.2 Å². The van der Waals surface area contributed by atoms with Crippen molar-refractivity contribution in [1.29, 1.82) is 0 Å². The Balaban J connectivity index is 2.02. The largest absolute Gasteiger partial charge is 0.447 e. The molecule has 0 bridgehead atoms. The second kappa shape index (κ2) is 7.90. The van der Waals surface area contributed by atoms with Gasteiger partial charge in [-0.25, -0.2) is 4.79 Å². The van der Waals surface area contributed by atoms with Gasteiger partial charge in [0.2, 0.25) is 0 Å². The molecule has 1 aliphatic rings. The number of ether oxygens (including phenoxy) is 3. The number of nitrogens with zero attached hydrogens (tertiary/aromatic N) is 1. The van der Waals surface area contributed by atoms with Crippen LogP contribution in [0.15, 0.2) is 24.4 Å². The zero-order valence-electron chi connectivity index (χ0n) is 9.43. The maximum absolute atomic E-state index is 11.4. The monoisotopic (exact) mass is 227 g/mol. The first kappa shape index (κ1) is 12.7. The molecule has 1 amide bonds. The van der Waals surface area contributed by atoms with Crippen LogP contribution in [0.1, 0.15) is 0 Å². The van der Waals surface area contributed by atoms with Gasteiger partial charge in [0.15, 0.2) is 0 Å². The van der Waals surface area contributed by atoms with Gasteiger partial charge in [0, 0.05) is 19.9 Å². The molecule has 0 unspecified atom stereocenters. The van der Waals surface area contributed by atoms with Crippen molar-refractivity contribution in [2.24, 2.45) is 0 Å². The molecule has 5 heteroatoms. The van der Waals surface area contributed by atoms with Crippen molar-refractivity contribution < 1.29 is 19.0 Å². The summed E-state index contributed by atoms with van der Waals surface area (Å²) in [4.78, 5) is 12.9. The molecule has 0 radical (unpaired) electrons. The van der Waals surface area contributed by atoms with Gasteiger partial charge in [-0.05, 0) is 6.08 Å². The molecule has 90 valence electrons. The first-order valence-electron chi connectivity index (χ1n) is 5.18. The average molecular weight is 227 g/mol. The van der Waals surface area contributed by atoms with Crippen LogP contribution in [0.5, 0.6) is 0 Å². The molecule has 1 heterocycles. The first-order chi connectivity index (χ1) is 7.84. The number of carbonyl (C=O) groups excluding carboxylic acids is 1. The Bertz CT molecular complexity index is 263. The Hall–Kier alpha value is -1.33. The predicted octanol–water partition coefficient (Wildman–Crippen LogP) is 1.17. The molecule has 0 spiro atoms. The summed E-state index contributed by atoms with van der Waals surface area (Å²) in [5, 5.41) is 0. The van der Waals surface area contributed by atoms with Gasteiger partial charge >= 0.3 is 6.09 Å². The third-order valence-corrected chi connectivity index (χ3v) is 1.93. The Morgan fingerprint density at radius 2 is 2.06 bits per heavy atom. The van der Waals surface area contributed by atoms with Gasteiger partial charge in [-0.1, -0.05) is 12.2 Å². The Labute approximate surface area is 95.3 Å². The van der Waals surface area contributed by atoms with E-state index in [1.807, 2.05) is 12.2 Å². The highest BCUT2D eigenvalue weighted by Gasteiger charge is 2.11. The van der Waals surface area contributed by atoms with E-state index in [-0.39, 0.29) is 12.7 Å². The van der Waals surface area contributed by atoms with Crippen molar-refractivity contribution in [2.45, 2.75) is 0 Å². The molecule has 0 fully saturated rings. The molecule has 0 aromatic rings. The topological polar surface area (TPSA) is 48.0 Å². The fraction of sp³-hybridized carbons (Fsp3) is 0.545. The Kier molecular flexibility index (Phi) is 6.29. The minimum absolute atomic E-state index is 0.261. The van der Waals surface area contributed by atoms with Crippen LogP contribution in [-0.4, -0.2) is 51.1 Å². The standard InChI is InChI=1S/C11H17NO4/c1-14-7-8-15-9-10-16-11(13)12-5-3-2-4-6-12/h2-5H,6-10H2,1H3. The number of hydrogen-bond donors (Lipinski definition) is 0. The van der Waals surface area contributed by atoms with Gasteiger partial charge in [0.1, 0.15) is 6.61 Å². The highest BCUT2D eigenvalue weighted by atomic mass is 16.6. The van der Waals surface area contributed by atoms with E-state index >= 15 is 0 Å². The van der Waals surface area contributed by atoms with Crippen LogP contribution in [0.4, 0.5) is 4.79 Å². The minimum atomic E-state index is -0.351. The van der Waals surface area contributed by atoms with Gasteiger partial charge < -0.3 is 14.2 Å². The molecule has 0 aliphatic carbocycles. The van der Waals surface area contributed by atoms with Gasteiger partial charge in [0.25, 0.3) is 0 Å². The minimum Gasteiger partial charge on any atom is -0.447 e. The molecular weight excluding hydrogens is 210 g/mol. The van der Waals surface area contributed by atoms with Crippen molar-refractivity contribution in [3.8, 4) is 0 Å². The third-order valence-electron chi connectivity index (χ3n) is 1.93. The van der Waals surface area contributed by atoms with E-state index in [2.05, 4.69) is 0 Å². The summed E-state index contributed by atoms with van der Waals surface area (Å²) < 4.78 is 15.0. The molecule has 0 aromatic carbocycles. The normalized spacial score (nSPS) is 14.2. The summed E-state index contributed by atoms with van der Waals surface area (Å²) in [6.45, 7) is 2.27. The van der Waals surface area contributed by atoms with E-state index < -0.39 is 0 Å². The lowest BCUT2D eigenvalue weighted by Gasteiger charge is -2.17. The van der Waals surface area contributed by atoms with Crippen LogP contribution in [-0.2, 0) is 14.2 Å². The molecule has 1 aliphatic heterocycles. The molecule has 0 N–H and O–H groups in total. The molecular formula is C11H17NO4. The van der Waals surface area contributed by atoms with Crippen molar-refractivity contribution in [1.82, 2.24) is 4.90 Å². The second-order valence-corrected chi connectivity index (χ2v) is 3.14. The third kappa shape index (κ3) is 4.95. The molecule has 0 saturated carbocycles. The molecule has 0 aromatic heterocycles. The predicted molar refractivity (Wildman–Crippen MR) is 59.0 cm³/mol. The van der Waals surface area contributed by atoms with Crippen LogP contribution < -0.4 is 0 Å². The number of carbonyl (C=O) groups is 1. The second-order valence-electron chi connectivity index (χ2n) is 3.14. The van der Waals surface area contributed by atoms with Crippen LogP contribution >= 0.6 is 0 Å². The van der Waals surface area contributed by atoms with Gasteiger partial charge in [-0.2, -0.15) is 0 Å². The van der Waals surface area contributed by atoms with E-state index in [1.54, 1.807) is 19.4 Å². The highest BCUT2D eigenvalue weighted by Crippen LogP contribution is 2.01. The maximum Gasteiger partial charge on any atom is 0.414 e. The zero-order valence-corrected chi connectivity index (χ0v) is 9.43. The number of methoxy groups -OCH3 is 1. The number of amides is 1. The summed E-state index contributed by atoms with van der Waals surface area (Å²) in [5.74, 6) is 0. The van der Waals surface area contributed by atoms with Gasteiger partial charge in [-0.15, -0.1) is 0 Å². The quantitative estimate of drug-likeness (QED) is 0.639. The van der Waals surface area contributed by atoms with Gasteiger partial charge in [0.05, 0.1) is 19.8 Å². The summed E-state index contributed by atoms with van der Waals surface area (Å²) in [7, 11) is 1.61. The summed E-state index contributed by atoms with van der Waals surface area (Å²) in [6, 6.07) is 0. The van der Waals surface area contributed by atoms with Crippen LogP contribution in [0.25, 0.3) is 0 Å². The van der Waals surface area contributed by atoms with E-state index in [0.717, 1.165) is 0 Å². The summed E-state index contributed by atoms with van der Waals surface area (Å²) in [6.07, 6.45) is 6.90. The molecule has 0 saturated heterocycles. The molecule has 16 heavy (non-hydrogen) atoms. The highest BCUT2D eigenvalue weighted by molar-refractivity contribution is 5.69. The SMILES string of the molecule is COCCOCCOC(=O)N1C=CC=CC1. The van der Waals surface area contributed by atoms with Crippen molar-refractivity contribution in [3.63, 3.8) is 0 Å². The van der Waals surface area contributed by atoms with Crippen molar-refractivity contribution in [3.05, 3.63) is 24.4 Å². The lowest BCUT2D eigenvalue weighted by molar-refractivity contribution is 0.0369. The Morgan fingerprint density at radius 3 is 2.75 bits per heavy atom. The lowest BCUT2D eigenvalue weighted by Crippen LogP contribution is -2.28. The first-order valence-corrected chi connectivity index (χ1v) is 5.18. The molecule has 0 atom stereocenters. The summed E-state index contributed by atoms with van der Waals surface area (Å²) >= 11 is 0. The fourth-order valence-corrected chi connectivity index (χ4v) is 1.12. The van der Waals surface area contributed by atoms with E-state index in [9.17, 15) is 4.79 Å². The summed E-state index contributed by atoms with van der Waals surface area (Å²) in [5.41, 5.74) is 0. The van der Waals surface area contributed by atoms with E-state index in [1.165, 1.54) is 4.90 Å². The van der Waals surface area contributed by atoms with Crippen molar-refractivity contribution in [2.75, 3.05) is 40.1 Å². The lowest BCUT2D eigenvalue weighted by atomic mass is 10.4. The maximum atomic E-state index is 11.4. The fourth-order valence-electron chi connectivity index (χ4n) is 1.12. The molecule has 1 rings (SSSR count). The van der Waals surface area contributed by atoms with E-state index in [0.29, 0.717) is 26.4 Å². The zero-order chi connectivity index (χ0) is 11.6.